The van der Waals surface area contributed by atoms with Crippen molar-refractivity contribution in [2.75, 3.05) is 20.1 Å². The maximum absolute atomic E-state index is 13.4. The number of benzene rings is 1. The summed E-state index contributed by atoms with van der Waals surface area (Å²) < 4.78 is 19.5. The number of carbonyl (C=O) groups excluding carboxylic acids is 1. The number of amides is 1. The summed E-state index contributed by atoms with van der Waals surface area (Å²) in [5, 5.41) is 6.14. The topological polar surface area (TPSA) is 66.0 Å². The van der Waals surface area contributed by atoms with Crippen molar-refractivity contribution in [1.82, 2.24) is 15.5 Å². The van der Waals surface area contributed by atoms with E-state index in [2.05, 4.69) is 36.5 Å². The molecule has 6 nitrogen and oxygen atoms in total. The Bertz CT molecular complexity index is 682. The Balaban J connectivity index is 0.00000364. The number of hydrogen-bond donors (Lipinski definition) is 2. The molecule has 27 heavy (non-hydrogen) atoms. The van der Waals surface area contributed by atoms with Crippen molar-refractivity contribution in [3.63, 3.8) is 0 Å². The summed E-state index contributed by atoms with van der Waals surface area (Å²) in [6.07, 6.45) is 0.403. The van der Waals surface area contributed by atoms with Crippen molar-refractivity contribution in [2.24, 2.45) is 4.99 Å². The van der Waals surface area contributed by atoms with E-state index in [1.54, 1.807) is 13.1 Å². The van der Waals surface area contributed by atoms with Gasteiger partial charge in [-0.25, -0.2) is 9.18 Å². The number of nitrogens with zero attached hydrogens (tertiary/aromatic N) is 2. The number of halogens is 3. The van der Waals surface area contributed by atoms with Crippen LogP contribution >= 0.6 is 39.9 Å². The third-order valence-corrected chi connectivity index (χ3v) is 4.64. The Morgan fingerprint density at radius 2 is 2.15 bits per heavy atom. The maximum Gasteiger partial charge on any atom is 0.407 e. The molecule has 1 aliphatic heterocycles. The molecule has 0 aliphatic carbocycles. The fraction of sp³-hybridized carbons (Fsp3) is 0.556. The summed E-state index contributed by atoms with van der Waals surface area (Å²) in [6.45, 7) is 7.37. The maximum atomic E-state index is 13.4. The molecule has 0 saturated carbocycles. The lowest BCUT2D eigenvalue weighted by Gasteiger charge is -2.23. The highest BCUT2D eigenvalue weighted by Crippen LogP contribution is 2.18. The molecule has 0 spiro atoms. The number of alkyl carbamates (subject to hydrolysis) is 1. The van der Waals surface area contributed by atoms with E-state index in [4.69, 9.17) is 4.74 Å². The Labute approximate surface area is 185 Å². The van der Waals surface area contributed by atoms with Crippen LogP contribution in [-0.2, 0) is 11.3 Å². The fourth-order valence-corrected chi connectivity index (χ4v) is 3.12. The highest BCUT2D eigenvalue weighted by molar-refractivity contribution is 14.0. The van der Waals surface area contributed by atoms with Gasteiger partial charge in [0.2, 0.25) is 0 Å². The van der Waals surface area contributed by atoms with E-state index in [0.29, 0.717) is 13.1 Å². The molecule has 1 atom stereocenters. The second-order valence-corrected chi connectivity index (χ2v) is 8.07. The number of rotatable bonds is 3. The van der Waals surface area contributed by atoms with Gasteiger partial charge in [-0.05, 0) is 51.0 Å². The second-order valence-electron chi connectivity index (χ2n) is 7.21. The lowest BCUT2D eigenvalue weighted by Crippen LogP contribution is -2.44. The van der Waals surface area contributed by atoms with E-state index in [-0.39, 0.29) is 35.8 Å². The number of hydrogen-bond acceptors (Lipinski definition) is 3. The van der Waals surface area contributed by atoms with Gasteiger partial charge in [-0.1, -0.05) is 15.9 Å². The van der Waals surface area contributed by atoms with E-state index < -0.39 is 11.7 Å². The highest BCUT2D eigenvalue weighted by atomic mass is 127. The zero-order chi connectivity index (χ0) is 19.3. The summed E-state index contributed by atoms with van der Waals surface area (Å²) in [5.74, 6) is 0.442. The van der Waals surface area contributed by atoms with Crippen LogP contribution in [0.4, 0.5) is 9.18 Å². The van der Waals surface area contributed by atoms with Crippen molar-refractivity contribution in [3.8, 4) is 0 Å². The molecule has 1 aromatic rings. The first-order chi connectivity index (χ1) is 12.2. The molecular weight excluding hydrogens is 530 g/mol. The summed E-state index contributed by atoms with van der Waals surface area (Å²) in [6, 6.07) is 4.59. The lowest BCUT2D eigenvalue weighted by atomic mass is 10.2. The quantitative estimate of drug-likeness (QED) is 0.337. The van der Waals surface area contributed by atoms with Crippen molar-refractivity contribution >= 4 is 52.0 Å². The van der Waals surface area contributed by atoms with Crippen molar-refractivity contribution in [1.29, 1.82) is 0 Å². The smallest absolute Gasteiger partial charge is 0.407 e. The molecule has 1 unspecified atom stereocenters. The standard InChI is InChI=1S/C18H26BrFN4O2.HI/c1-18(2,3)26-17(25)23-14-7-8-24(11-14)16(21-4)22-10-12-9-13(20)5-6-15(12)19;/h5-6,9,14H,7-8,10-11H2,1-4H3,(H,21,22)(H,23,25);1H. The van der Waals surface area contributed by atoms with E-state index in [1.165, 1.54) is 12.1 Å². The largest absolute Gasteiger partial charge is 0.444 e. The zero-order valence-corrected chi connectivity index (χ0v) is 19.9. The van der Waals surface area contributed by atoms with E-state index in [0.717, 1.165) is 29.0 Å². The first kappa shape index (κ1) is 23.9. The van der Waals surface area contributed by atoms with Crippen LogP contribution in [0.2, 0.25) is 0 Å². The molecule has 1 heterocycles. The number of aliphatic imine (C=N–C) groups is 1. The molecule has 1 aliphatic rings. The van der Waals surface area contributed by atoms with Crippen molar-refractivity contribution in [2.45, 2.75) is 45.4 Å². The molecule has 0 aromatic heterocycles. The predicted octanol–water partition coefficient (Wildman–Crippen LogP) is 3.88. The van der Waals surface area contributed by atoms with Crippen LogP contribution in [0.5, 0.6) is 0 Å². The number of carbonyl (C=O) groups is 1. The summed E-state index contributed by atoms with van der Waals surface area (Å²) in [4.78, 5) is 18.3. The number of ether oxygens (including phenoxy) is 1. The Hall–Kier alpha value is -1.10. The number of likely N-dealkylation sites (tertiary alicyclic amines) is 1. The van der Waals surface area contributed by atoms with Crippen LogP contribution in [0.15, 0.2) is 27.7 Å². The normalized spacial score (nSPS) is 17.3. The summed E-state index contributed by atoms with van der Waals surface area (Å²) in [5.41, 5.74) is 0.298. The van der Waals surface area contributed by atoms with Gasteiger partial charge in [0.15, 0.2) is 5.96 Å². The Morgan fingerprint density at radius 3 is 2.78 bits per heavy atom. The van der Waals surface area contributed by atoms with Crippen LogP contribution in [0.25, 0.3) is 0 Å². The summed E-state index contributed by atoms with van der Waals surface area (Å²) in [7, 11) is 1.71. The van der Waals surface area contributed by atoms with Crippen LogP contribution < -0.4 is 10.6 Å². The van der Waals surface area contributed by atoms with Crippen molar-refractivity contribution in [3.05, 3.63) is 34.1 Å². The average molecular weight is 557 g/mol. The van der Waals surface area contributed by atoms with E-state index in [9.17, 15) is 9.18 Å². The third-order valence-electron chi connectivity index (χ3n) is 3.87. The molecule has 1 saturated heterocycles. The minimum absolute atomic E-state index is 0. The molecule has 1 aromatic carbocycles. The van der Waals surface area contributed by atoms with Crippen molar-refractivity contribution < 1.29 is 13.9 Å². The monoisotopic (exact) mass is 556 g/mol. The van der Waals surface area contributed by atoms with Gasteiger partial charge in [0.05, 0.1) is 6.04 Å². The molecule has 2 rings (SSSR count). The molecule has 1 amide bonds. The SMILES string of the molecule is CN=C(NCc1cc(F)ccc1Br)N1CCC(NC(=O)OC(C)(C)C)C1.I. The molecule has 0 radical (unpaired) electrons. The van der Waals surface area contributed by atoms with Gasteiger partial charge in [-0.2, -0.15) is 0 Å². The first-order valence-electron chi connectivity index (χ1n) is 8.57. The van der Waals surface area contributed by atoms with Crippen LogP contribution in [0.3, 0.4) is 0 Å². The fourth-order valence-electron chi connectivity index (χ4n) is 2.73. The van der Waals surface area contributed by atoms with Gasteiger partial charge in [-0.3, -0.25) is 4.99 Å². The Kier molecular flexibility index (Phi) is 9.26. The highest BCUT2D eigenvalue weighted by Gasteiger charge is 2.27. The molecule has 152 valence electrons. The summed E-state index contributed by atoms with van der Waals surface area (Å²) >= 11 is 3.42. The van der Waals surface area contributed by atoms with Crippen LogP contribution in [-0.4, -0.2) is 48.7 Å². The minimum Gasteiger partial charge on any atom is -0.444 e. The average Bonchev–Trinajstić information content (AvgIpc) is 2.97. The third kappa shape index (κ3) is 7.81. The lowest BCUT2D eigenvalue weighted by molar-refractivity contribution is 0.0507. The Morgan fingerprint density at radius 1 is 1.44 bits per heavy atom. The molecule has 2 N–H and O–H groups in total. The van der Waals surface area contributed by atoms with Gasteiger partial charge in [0.1, 0.15) is 11.4 Å². The van der Waals surface area contributed by atoms with Gasteiger partial charge >= 0.3 is 6.09 Å². The number of nitrogens with one attached hydrogen (secondary N) is 2. The number of guanidine groups is 1. The van der Waals surface area contributed by atoms with Crippen LogP contribution in [0, 0.1) is 5.82 Å². The molecule has 9 heteroatoms. The molecule has 1 fully saturated rings. The molecule has 0 bridgehead atoms. The minimum atomic E-state index is -0.516. The van der Waals surface area contributed by atoms with Gasteiger partial charge < -0.3 is 20.3 Å². The van der Waals surface area contributed by atoms with E-state index in [1.807, 2.05) is 20.8 Å². The van der Waals surface area contributed by atoms with E-state index >= 15 is 0 Å². The van der Waals surface area contributed by atoms with Crippen LogP contribution in [0.1, 0.15) is 32.8 Å². The zero-order valence-electron chi connectivity index (χ0n) is 16.0. The second kappa shape index (κ2) is 10.4. The predicted molar refractivity (Wildman–Crippen MR) is 119 cm³/mol. The molecular formula is C18H27BrFIN4O2. The van der Waals surface area contributed by atoms with Gasteiger partial charge in [0, 0.05) is 31.2 Å². The first-order valence-corrected chi connectivity index (χ1v) is 9.36. The van der Waals surface area contributed by atoms with Gasteiger partial charge in [0.25, 0.3) is 0 Å². The van der Waals surface area contributed by atoms with Gasteiger partial charge in [-0.15, -0.1) is 24.0 Å².